The van der Waals surface area contributed by atoms with Gasteiger partial charge in [0, 0.05) is 19.0 Å². The summed E-state index contributed by atoms with van der Waals surface area (Å²) in [6.45, 7) is 3.59. The largest absolute Gasteiger partial charge is 0.480 e. The Morgan fingerprint density at radius 2 is 2.14 bits per heavy atom. The second kappa shape index (κ2) is 8.41. The summed E-state index contributed by atoms with van der Waals surface area (Å²) in [6, 6.07) is 3.35. The fourth-order valence-corrected chi connectivity index (χ4v) is 2.42. The Morgan fingerprint density at radius 3 is 2.67 bits per heavy atom. The molecule has 1 heterocycles. The van der Waals surface area contributed by atoms with Crippen LogP contribution in [0.25, 0.3) is 0 Å². The molecule has 0 saturated heterocycles. The number of nitrogens with zero attached hydrogens (tertiary/aromatic N) is 1. The lowest BCUT2D eigenvalue weighted by Crippen LogP contribution is -2.43. The SMILES string of the molecule is CCC(C)N(CC(=O)O)C(=O)CCNC(=O)c1cccs1. The number of amides is 2. The van der Waals surface area contributed by atoms with Crippen molar-refractivity contribution < 1.29 is 19.5 Å². The molecular weight excluding hydrogens is 292 g/mol. The molecule has 1 rings (SSSR count). The van der Waals surface area contributed by atoms with Gasteiger partial charge in [-0.1, -0.05) is 13.0 Å². The standard InChI is InChI=1S/C14H20N2O4S/c1-3-10(2)16(9-13(18)19)12(17)6-7-15-14(20)11-5-4-8-21-11/h4-5,8,10H,3,6-7,9H2,1-2H3,(H,15,20)(H,18,19). The van der Waals surface area contributed by atoms with Gasteiger partial charge in [0.2, 0.25) is 5.91 Å². The van der Waals surface area contributed by atoms with Gasteiger partial charge in [-0.15, -0.1) is 11.3 Å². The van der Waals surface area contributed by atoms with E-state index in [9.17, 15) is 14.4 Å². The van der Waals surface area contributed by atoms with Gasteiger partial charge in [-0.2, -0.15) is 0 Å². The number of thiophene rings is 1. The maximum atomic E-state index is 12.1. The molecule has 0 aliphatic rings. The zero-order chi connectivity index (χ0) is 15.8. The van der Waals surface area contributed by atoms with Crippen LogP contribution in [-0.4, -0.2) is 46.9 Å². The Labute approximate surface area is 127 Å². The Bertz CT molecular complexity index is 487. The summed E-state index contributed by atoms with van der Waals surface area (Å²) in [4.78, 5) is 36.5. The second-order valence-corrected chi connectivity index (χ2v) is 5.60. The maximum absolute atomic E-state index is 12.1. The van der Waals surface area contributed by atoms with Crippen molar-refractivity contribution >= 4 is 29.1 Å². The van der Waals surface area contributed by atoms with Crippen molar-refractivity contribution in [1.29, 1.82) is 0 Å². The lowest BCUT2D eigenvalue weighted by molar-refractivity contribution is -0.146. The van der Waals surface area contributed by atoms with Gasteiger partial charge < -0.3 is 15.3 Å². The number of hydrogen-bond acceptors (Lipinski definition) is 4. The summed E-state index contributed by atoms with van der Waals surface area (Å²) >= 11 is 1.33. The van der Waals surface area contributed by atoms with E-state index in [4.69, 9.17) is 5.11 Å². The molecule has 0 saturated carbocycles. The van der Waals surface area contributed by atoms with Gasteiger partial charge in [0.25, 0.3) is 5.91 Å². The number of carbonyl (C=O) groups is 3. The first-order chi connectivity index (χ1) is 9.95. The highest BCUT2D eigenvalue weighted by atomic mass is 32.1. The summed E-state index contributed by atoms with van der Waals surface area (Å²) in [5.74, 6) is -1.52. The molecule has 1 atom stereocenters. The molecule has 6 nitrogen and oxygen atoms in total. The van der Waals surface area contributed by atoms with Crippen molar-refractivity contribution in [2.24, 2.45) is 0 Å². The van der Waals surface area contributed by atoms with Gasteiger partial charge in [0.15, 0.2) is 0 Å². The van der Waals surface area contributed by atoms with Crippen LogP contribution >= 0.6 is 11.3 Å². The smallest absolute Gasteiger partial charge is 0.323 e. The number of carboxylic acids is 1. The number of nitrogens with one attached hydrogen (secondary N) is 1. The number of hydrogen-bond donors (Lipinski definition) is 2. The Hall–Kier alpha value is -1.89. The summed E-state index contributed by atoms with van der Waals surface area (Å²) in [7, 11) is 0. The first kappa shape index (κ1) is 17.2. The fourth-order valence-electron chi connectivity index (χ4n) is 1.78. The quantitative estimate of drug-likeness (QED) is 0.763. The van der Waals surface area contributed by atoms with Crippen LogP contribution in [0.1, 0.15) is 36.4 Å². The Morgan fingerprint density at radius 1 is 1.43 bits per heavy atom. The molecule has 0 aliphatic carbocycles. The molecule has 21 heavy (non-hydrogen) atoms. The summed E-state index contributed by atoms with van der Waals surface area (Å²) in [5.41, 5.74) is 0. The lowest BCUT2D eigenvalue weighted by Gasteiger charge is -2.27. The zero-order valence-corrected chi connectivity index (χ0v) is 13.0. The first-order valence-electron chi connectivity index (χ1n) is 6.78. The molecule has 1 unspecified atom stereocenters. The summed E-state index contributed by atoms with van der Waals surface area (Å²) < 4.78 is 0. The van der Waals surface area contributed by atoms with Gasteiger partial charge in [0.05, 0.1) is 4.88 Å². The van der Waals surface area contributed by atoms with Crippen LogP contribution in [0.15, 0.2) is 17.5 Å². The Balaban J connectivity index is 2.46. The molecular formula is C14H20N2O4S. The van der Waals surface area contributed by atoms with E-state index in [1.165, 1.54) is 16.2 Å². The minimum Gasteiger partial charge on any atom is -0.480 e. The second-order valence-electron chi connectivity index (χ2n) is 4.66. The van der Waals surface area contributed by atoms with E-state index in [1.807, 2.05) is 13.8 Å². The monoisotopic (exact) mass is 312 g/mol. The molecule has 0 spiro atoms. The molecule has 2 amide bonds. The van der Waals surface area contributed by atoms with Crippen LogP contribution in [0, 0.1) is 0 Å². The molecule has 7 heteroatoms. The van der Waals surface area contributed by atoms with Crippen LogP contribution in [-0.2, 0) is 9.59 Å². The number of carbonyl (C=O) groups excluding carboxylic acids is 2. The highest BCUT2D eigenvalue weighted by Gasteiger charge is 2.21. The maximum Gasteiger partial charge on any atom is 0.323 e. The zero-order valence-electron chi connectivity index (χ0n) is 12.2. The van der Waals surface area contributed by atoms with Crippen molar-refractivity contribution in [3.05, 3.63) is 22.4 Å². The third-order valence-electron chi connectivity index (χ3n) is 3.12. The van der Waals surface area contributed by atoms with Gasteiger partial charge >= 0.3 is 5.97 Å². The summed E-state index contributed by atoms with van der Waals surface area (Å²) in [6.07, 6.45) is 0.773. The van der Waals surface area contributed by atoms with Crippen LogP contribution in [0.3, 0.4) is 0 Å². The van der Waals surface area contributed by atoms with Gasteiger partial charge in [-0.05, 0) is 24.8 Å². The van der Waals surface area contributed by atoms with Crippen molar-refractivity contribution in [3.8, 4) is 0 Å². The van der Waals surface area contributed by atoms with E-state index in [-0.39, 0.29) is 37.4 Å². The van der Waals surface area contributed by atoms with Crippen LogP contribution in [0.5, 0.6) is 0 Å². The third kappa shape index (κ3) is 5.55. The predicted octanol–water partition coefficient (Wildman–Crippen LogP) is 1.58. The van der Waals surface area contributed by atoms with Crippen molar-refractivity contribution in [3.63, 3.8) is 0 Å². The van der Waals surface area contributed by atoms with E-state index in [1.54, 1.807) is 17.5 Å². The number of carboxylic acid groups (broad SMARTS) is 1. The molecule has 0 bridgehead atoms. The van der Waals surface area contributed by atoms with Crippen LogP contribution in [0.4, 0.5) is 0 Å². The highest BCUT2D eigenvalue weighted by molar-refractivity contribution is 7.12. The molecule has 2 N–H and O–H groups in total. The number of rotatable bonds is 8. The van der Waals surface area contributed by atoms with Gasteiger partial charge in [-0.3, -0.25) is 14.4 Å². The molecule has 0 fully saturated rings. The highest BCUT2D eigenvalue weighted by Crippen LogP contribution is 2.08. The van der Waals surface area contributed by atoms with Crippen molar-refractivity contribution in [1.82, 2.24) is 10.2 Å². The van der Waals surface area contributed by atoms with E-state index in [2.05, 4.69) is 5.32 Å². The van der Waals surface area contributed by atoms with E-state index in [0.717, 1.165) is 0 Å². The van der Waals surface area contributed by atoms with Crippen LogP contribution < -0.4 is 5.32 Å². The minimum atomic E-state index is -1.04. The van der Waals surface area contributed by atoms with Crippen molar-refractivity contribution in [2.45, 2.75) is 32.7 Å². The Kier molecular flexibility index (Phi) is 6.87. The normalized spacial score (nSPS) is 11.7. The molecule has 1 aromatic rings. The van der Waals surface area contributed by atoms with E-state index >= 15 is 0 Å². The molecule has 116 valence electrons. The molecule has 0 radical (unpaired) electrons. The van der Waals surface area contributed by atoms with E-state index < -0.39 is 5.97 Å². The summed E-state index contributed by atoms with van der Waals surface area (Å²) in [5, 5.41) is 13.3. The lowest BCUT2D eigenvalue weighted by atomic mass is 10.2. The topological polar surface area (TPSA) is 86.7 Å². The minimum absolute atomic E-state index is 0.0920. The van der Waals surface area contributed by atoms with E-state index in [0.29, 0.717) is 11.3 Å². The molecule has 0 aliphatic heterocycles. The third-order valence-corrected chi connectivity index (χ3v) is 3.99. The predicted molar refractivity (Wildman–Crippen MR) is 80.4 cm³/mol. The molecule has 1 aromatic heterocycles. The fraction of sp³-hybridized carbons (Fsp3) is 0.500. The van der Waals surface area contributed by atoms with Crippen LogP contribution in [0.2, 0.25) is 0 Å². The van der Waals surface area contributed by atoms with Crippen molar-refractivity contribution in [2.75, 3.05) is 13.1 Å². The van der Waals surface area contributed by atoms with Gasteiger partial charge in [-0.25, -0.2) is 0 Å². The first-order valence-corrected chi connectivity index (χ1v) is 7.66. The molecule has 0 aromatic carbocycles. The number of aliphatic carboxylic acids is 1. The average molecular weight is 312 g/mol. The average Bonchev–Trinajstić information content (AvgIpc) is 2.97. The van der Waals surface area contributed by atoms with Gasteiger partial charge in [0.1, 0.15) is 6.54 Å².